The van der Waals surface area contributed by atoms with Crippen molar-refractivity contribution in [3.05, 3.63) is 42.6 Å². The van der Waals surface area contributed by atoms with E-state index in [1.54, 1.807) is 12.3 Å². The number of hydrogen-bond acceptors (Lipinski definition) is 5. The summed E-state index contributed by atoms with van der Waals surface area (Å²) in [6, 6.07) is 11.3. The van der Waals surface area contributed by atoms with Crippen molar-refractivity contribution >= 4 is 17.0 Å². The monoisotopic (exact) mass is 238 g/mol. The van der Waals surface area contributed by atoms with E-state index in [2.05, 4.69) is 15.0 Å². The van der Waals surface area contributed by atoms with Gasteiger partial charge in [-0.25, -0.2) is 4.98 Å². The fourth-order valence-corrected chi connectivity index (χ4v) is 1.80. The third-order valence-corrected chi connectivity index (χ3v) is 2.65. The first kappa shape index (κ1) is 10.5. The molecule has 18 heavy (non-hydrogen) atoms. The summed E-state index contributed by atoms with van der Waals surface area (Å²) in [6.45, 7) is 0. The molecule has 0 atom stereocenters. The minimum Gasteiger partial charge on any atom is -0.493 e. The molecule has 0 unspecified atom stereocenters. The van der Waals surface area contributed by atoms with Crippen LogP contribution < -0.4 is 5.73 Å². The third-order valence-electron chi connectivity index (χ3n) is 2.65. The van der Waals surface area contributed by atoms with Crippen LogP contribution in [-0.4, -0.2) is 20.1 Å². The number of fused-ring (bicyclic) bond motifs is 1. The number of nitrogens with two attached hydrogens (primary N) is 1. The Bertz CT molecular complexity index is 713. The van der Waals surface area contributed by atoms with Gasteiger partial charge in [0.1, 0.15) is 0 Å². The largest absolute Gasteiger partial charge is 0.493 e. The van der Waals surface area contributed by atoms with Gasteiger partial charge in [-0.1, -0.05) is 30.3 Å². The first-order chi connectivity index (χ1) is 8.74. The quantitative estimate of drug-likeness (QED) is 0.677. The zero-order valence-corrected chi connectivity index (χ0v) is 9.41. The molecule has 2 heterocycles. The second kappa shape index (κ2) is 3.96. The molecule has 0 spiro atoms. The highest BCUT2D eigenvalue weighted by molar-refractivity contribution is 5.83. The topological polar surface area (TPSA) is 84.9 Å². The molecular weight excluding hydrogens is 228 g/mol. The number of pyridine rings is 1. The lowest BCUT2D eigenvalue weighted by atomic mass is 10.1. The van der Waals surface area contributed by atoms with Crippen LogP contribution in [0.4, 0.5) is 5.95 Å². The highest BCUT2D eigenvalue weighted by Gasteiger charge is 2.09. The van der Waals surface area contributed by atoms with Crippen molar-refractivity contribution in [1.82, 2.24) is 15.0 Å². The maximum atomic E-state index is 9.94. The van der Waals surface area contributed by atoms with Gasteiger partial charge in [-0.05, 0) is 11.6 Å². The Morgan fingerprint density at radius 2 is 1.83 bits per heavy atom. The number of nitrogen functional groups attached to an aromatic ring is 1. The molecule has 5 heteroatoms. The van der Waals surface area contributed by atoms with Crippen LogP contribution in [0.15, 0.2) is 42.6 Å². The van der Waals surface area contributed by atoms with Crippen LogP contribution in [-0.2, 0) is 0 Å². The number of aromatic nitrogens is 3. The third kappa shape index (κ3) is 1.71. The Kier molecular flexibility index (Phi) is 2.30. The maximum absolute atomic E-state index is 9.94. The van der Waals surface area contributed by atoms with Gasteiger partial charge >= 0.3 is 0 Å². The number of anilines is 1. The Hall–Kier alpha value is -2.69. The van der Waals surface area contributed by atoms with Crippen LogP contribution in [0.2, 0.25) is 0 Å². The molecule has 0 aliphatic carbocycles. The second-order valence-electron chi connectivity index (χ2n) is 3.87. The van der Waals surface area contributed by atoms with E-state index in [9.17, 15) is 5.11 Å². The summed E-state index contributed by atoms with van der Waals surface area (Å²) < 4.78 is 0. The zero-order valence-electron chi connectivity index (χ0n) is 9.41. The van der Waals surface area contributed by atoms with Crippen molar-refractivity contribution in [2.45, 2.75) is 0 Å². The number of hydrogen-bond donors (Lipinski definition) is 2. The summed E-state index contributed by atoms with van der Waals surface area (Å²) in [5.74, 6) is 0.0775. The number of rotatable bonds is 1. The van der Waals surface area contributed by atoms with Crippen LogP contribution in [0.5, 0.6) is 5.88 Å². The molecule has 3 rings (SSSR count). The fourth-order valence-electron chi connectivity index (χ4n) is 1.80. The van der Waals surface area contributed by atoms with E-state index in [-0.39, 0.29) is 11.8 Å². The first-order valence-corrected chi connectivity index (χ1v) is 5.42. The van der Waals surface area contributed by atoms with Gasteiger partial charge < -0.3 is 10.8 Å². The Labute approximate surface area is 103 Å². The molecular formula is C13H10N4O. The Morgan fingerprint density at radius 3 is 2.61 bits per heavy atom. The Morgan fingerprint density at radius 1 is 1.06 bits per heavy atom. The van der Waals surface area contributed by atoms with Crippen molar-refractivity contribution in [2.75, 3.05) is 5.73 Å². The highest BCUT2D eigenvalue weighted by atomic mass is 16.3. The van der Waals surface area contributed by atoms with E-state index in [0.29, 0.717) is 11.2 Å². The molecule has 0 amide bonds. The summed E-state index contributed by atoms with van der Waals surface area (Å²) >= 11 is 0. The lowest BCUT2D eigenvalue weighted by Crippen LogP contribution is -1.96. The molecule has 3 aromatic rings. The Balaban J connectivity index is 2.25. The summed E-state index contributed by atoms with van der Waals surface area (Å²) in [7, 11) is 0. The summed E-state index contributed by atoms with van der Waals surface area (Å²) in [6.07, 6.45) is 1.59. The molecule has 0 radical (unpaired) electrons. The molecule has 88 valence electrons. The van der Waals surface area contributed by atoms with Crippen LogP contribution in [0.3, 0.4) is 0 Å². The summed E-state index contributed by atoms with van der Waals surface area (Å²) in [5, 5.41) is 10.7. The molecule has 0 aliphatic rings. The van der Waals surface area contributed by atoms with Gasteiger partial charge in [0.2, 0.25) is 11.8 Å². The minimum atomic E-state index is -0.0631. The van der Waals surface area contributed by atoms with Gasteiger partial charge in [0, 0.05) is 17.1 Å². The predicted octanol–water partition coefficient (Wildman–Crippen LogP) is 1.98. The van der Waals surface area contributed by atoms with Crippen LogP contribution in [0.1, 0.15) is 0 Å². The SMILES string of the molecule is Nc1ncc2cc(-c3ccccc3)c(O)nc2n1. The zero-order chi connectivity index (χ0) is 12.5. The second-order valence-corrected chi connectivity index (χ2v) is 3.87. The number of nitrogens with zero attached hydrogens (tertiary/aromatic N) is 3. The lowest BCUT2D eigenvalue weighted by molar-refractivity contribution is 0.457. The lowest BCUT2D eigenvalue weighted by Gasteiger charge is -2.05. The van der Waals surface area contributed by atoms with E-state index in [1.165, 1.54) is 0 Å². The molecule has 0 saturated heterocycles. The van der Waals surface area contributed by atoms with Crippen molar-refractivity contribution in [1.29, 1.82) is 0 Å². The van der Waals surface area contributed by atoms with E-state index >= 15 is 0 Å². The fraction of sp³-hybridized carbons (Fsp3) is 0. The summed E-state index contributed by atoms with van der Waals surface area (Å²) in [5.41, 5.74) is 7.41. The molecule has 1 aromatic carbocycles. The predicted molar refractivity (Wildman–Crippen MR) is 68.8 cm³/mol. The molecule has 3 N–H and O–H groups in total. The van der Waals surface area contributed by atoms with E-state index in [4.69, 9.17) is 5.73 Å². The van der Waals surface area contributed by atoms with Gasteiger partial charge in [0.25, 0.3) is 0 Å². The van der Waals surface area contributed by atoms with Crippen LogP contribution in [0.25, 0.3) is 22.2 Å². The van der Waals surface area contributed by atoms with Gasteiger partial charge in [-0.2, -0.15) is 9.97 Å². The van der Waals surface area contributed by atoms with Crippen LogP contribution in [0, 0.1) is 0 Å². The minimum absolute atomic E-state index is 0.0631. The standard InChI is InChI=1S/C13H10N4O/c14-13-15-7-9-6-10(8-4-2-1-3-5-8)12(18)16-11(9)17-13/h1-7H,(H3,14,15,16,17,18). The average molecular weight is 238 g/mol. The number of aromatic hydroxyl groups is 1. The molecule has 0 fully saturated rings. The van der Waals surface area contributed by atoms with Gasteiger partial charge in [-0.3, -0.25) is 0 Å². The molecule has 0 bridgehead atoms. The smallest absolute Gasteiger partial charge is 0.222 e. The molecule has 0 aliphatic heterocycles. The van der Waals surface area contributed by atoms with E-state index < -0.39 is 0 Å². The van der Waals surface area contributed by atoms with Crippen molar-refractivity contribution in [3.63, 3.8) is 0 Å². The van der Waals surface area contributed by atoms with Gasteiger partial charge in [0.05, 0.1) is 0 Å². The van der Waals surface area contributed by atoms with Crippen molar-refractivity contribution in [2.24, 2.45) is 0 Å². The van der Waals surface area contributed by atoms with E-state index in [1.807, 2.05) is 30.3 Å². The average Bonchev–Trinajstić information content (AvgIpc) is 2.39. The summed E-state index contributed by atoms with van der Waals surface area (Å²) in [4.78, 5) is 11.9. The highest BCUT2D eigenvalue weighted by Crippen LogP contribution is 2.29. The normalized spacial score (nSPS) is 10.7. The number of benzene rings is 1. The first-order valence-electron chi connectivity index (χ1n) is 5.42. The molecule has 5 nitrogen and oxygen atoms in total. The van der Waals surface area contributed by atoms with E-state index in [0.717, 1.165) is 10.9 Å². The van der Waals surface area contributed by atoms with Crippen molar-refractivity contribution in [3.8, 4) is 17.0 Å². The van der Waals surface area contributed by atoms with Gasteiger partial charge in [-0.15, -0.1) is 0 Å². The van der Waals surface area contributed by atoms with Gasteiger partial charge in [0.15, 0.2) is 5.65 Å². The maximum Gasteiger partial charge on any atom is 0.222 e. The molecule has 0 saturated carbocycles. The molecule has 2 aromatic heterocycles. The van der Waals surface area contributed by atoms with Crippen LogP contribution >= 0.6 is 0 Å². The van der Waals surface area contributed by atoms with Crippen molar-refractivity contribution < 1.29 is 5.11 Å².